The Hall–Kier alpha value is -1.35. The van der Waals surface area contributed by atoms with E-state index in [1.54, 1.807) is 0 Å². The molecule has 0 aromatic heterocycles. The molecule has 1 unspecified atom stereocenters. The summed E-state index contributed by atoms with van der Waals surface area (Å²) in [4.78, 5) is 11.6. The highest BCUT2D eigenvalue weighted by molar-refractivity contribution is 5.75. The first kappa shape index (κ1) is 14.1. The van der Waals surface area contributed by atoms with Gasteiger partial charge in [-0.3, -0.25) is 4.79 Å². The van der Waals surface area contributed by atoms with Gasteiger partial charge in [0.15, 0.2) is 0 Å². The third-order valence-electron chi connectivity index (χ3n) is 3.73. The third kappa shape index (κ3) is 4.35. The van der Waals surface area contributed by atoms with Crippen LogP contribution in [0.5, 0.6) is 0 Å². The van der Waals surface area contributed by atoms with Gasteiger partial charge < -0.3 is 11.1 Å². The van der Waals surface area contributed by atoms with E-state index in [9.17, 15) is 4.79 Å². The van der Waals surface area contributed by atoms with Gasteiger partial charge in [0.05, 0.1) is 0 Å². The van der Waals surface area contributed by atoms with Gasteiger partial charge in [-0.1, -0.05) is 18.2 Å². The van der Waals surface area contributed by atoms with Crippen LogP contribution in [0.2, 0.25) is 0 Å². The number of amides is 1. The first-order valence-corrected chi connectivity index (χ1v) is 7.28. The zero-order valence-corrected chi connectivity index (χ0v) is 11.7. The predicted molar refractivity (Wildman–Crippen MR) is 77.8 cm³/mol. The van der Waals surface area contributed by atoms with Gasteiger partial charge >= 0.3 is 0 Å². The molecule has 3 nitrogen and oxygen atoms in total. The molecule has 0 saturated heterocycles. The minimum atomic E-state index is 0.0921. The van der Waals surface area contributed by atoms with Crippen molar-refractivity contribution in [3.05, 3.63) is 34.9 Å². The summed E-state index contributed by atoms with van der Waals surface area (Å²) in [5.41, 5.74) is 9.80. The van der Waals surface area contributed by atoms with E-state index >= 15 is 0 Å². The zero-order valence-electron chi connectivity index (χ0n) is 11.7. The van der Waals surface area contributed by atoms with Gasteiger partial charge in [-0.15, -0.1) is 0 Å². The lowest BCUT2D eigenvalue weighted by atomic mass is 9.90. The highest BCUT2D eigenvalue weighted by Crippen LogP contribution is 2.22. The summed E-state index contributed by atoms with van der Waals surface area (Å²) >= 11 is 0. The number of nitrogens with one attached hydrogen (secondary N) is 1. The molecule has 1 aliphatic carbocycles. The van der Waals surface area contributed by atoms with E-state index in [2.05, 4.69) is 23.5 Å². The topological polar surface area (TPSA) is 55.1 Å². The van der Waals surface area contributed by atoms with Gasteiger partial charge in [0.2, 0.25) is 5.91 Å². The number of nitrogens with two attached hydrogens (primary N) is 1. The van der Waals surface area contributed by atoms with Crippen LogP contribution in [0.15, 0.2) is 18.2 Å². The van der Waals surface area contributed by atoms with Gasteiger partial charge in [0, 0.05) is 19.0 Å². The summed E-state index contributed by atoms with van der Waals surface area (Å²) in [6.07, 6.45) is 6.24. The molecule has 1 aliphatic rings. The molecular weight excluding hydrogens is 236 g/mol. The average molecular weight is 260 g/mol. The molecule has 1 atom stereocenters. The third-order valence-corrected chi connectivity index (χ3v) is 3.73. The summed E-state index contributed by atoms with van der Waals surface area (Å²) < 4.78 is 0. The second-order valence-electron chi connectivity index (χ2n) is 5.60. The maximum Gasteiger partial charge on any atom is 0.220 e. The summed E-state index contributed by atoms with van der Waals surface area (Å²) in [6.45, 7) is 2.56. The van der Waals surface area contributed by atoms with E-state index in [4.69, 9.17) is 5.73 Å². The number of aryl methyl sites for hydroxylation is 2. The van der Waals surface area contributed by atoms with E-state index in [-0.39, 0.29) is 11.9 Å². The van der Waals surface area contributed by atoms with Gasteiger partial charge in [-0.05, 0) is 55.7 Å². The monoisotopic (exact) mass is 260 g/mol. The van der Waals surface area contributed by atoms with Crippen LogP contribution in [0.4, 0.5) is 0 Å². The second-order valence-corrected chi connectivity index (χ2v) is 5.60. The molecule has 0 spiro atoms. The van der Waals surface area contributed by atoms with Crippen LogP contribution in [0.3, 0.4) is 0 Å². The van der Waals surface area contributed by atoms with E-state index in [0.29, 0.717) is 13.0 Å². The molecule has 3 N–H and O–H groups in total. The number of hydrogen-bond donors (Lipinski definition) is 2. The van der Waals surface area contributed by atoms with Crippen LogP contribution in [0.1, 0.15) is 49.3 Å². The van der Waals surface area contributed by atoms with Crippen molar-refractivity contribution in [3.63, 3.8) is 0 Å². The van der Waals surface area contributed by atoms with Gasteiger partial charge in [0.1, 0.15) is 0 Å². The van der Waals surface area contributed by atoms with Crippen molar-refractivity contribution in [2.45, 2.75) is 58.0 Å². The van der Waals surface area contributed by atoms with Crippen molar-refractivity contribution in [1.29, 1.82) is 0 Å². The molecule has 0 saturated carbocycles. The minimum Gasteiger partial charge on any atom is -0.352 e. The Bertz CT molecular complexity index is 440. The number of carbonyl (C=O) groups excluding carboxylic acids is 1. The number of hydrogen-bond acceptors (Lipinski definition) is 2. The molecule has 0 aliphatic heterocycles. The summed E-state index contributed by atoms with van der Waals surface area (Å²) in [5.74, 6) is 0.0926. The van der Waals surface area contributed by atoms with Crippen LogP contribution in [0.25, 0.3) is 0 Å². The maximum absolute atomic E-state index is 11.6. The molecule has 1 amide bonds. The zero-order chi connectivity index (χ0) is 13.7. The van der Waals surface area contributed by atoms with Crippen LogP contribution in [0, 0.1) is 0 Å². The Morgan fingerprint density at radius 2 is 2.05 bits per heavy atom. The summed E-state index contributed by atoms with van der Waals surface area (Å²) in [6, 6.07) is 6.70. The average Bonchev–Trinajstić information content (AvgIpc) is 2.42. The Balaban J connectivity index is 1.84. The molecule has 0 radical (unpaired) electrons. The van der Waals surface area contributed by atoms with Crippen molar-refractivity contribution in [3.8, 4) is 0 Å². The van der Waals surface area contributed by atoms with Gasteiger partial charge in [-0.25, -0.2) is 0 Å². The number of rotatable bonds is 5. The van der Waals surface area contributed by atoms with Gasteiger partial charge in [0.25, 0.3) is 0 Å². The second kappa shape index (κ2) is 6.71. The van der Waals surface area contributed by atoms with Crippen molar-refractivity contribution in [1.82, 2.24) is 5.32 Å². The van der Waals surface area contributed by atoms with E-state index in [0.717, 1.165) is 6.42 Å². The Morgan fingerprint density at radius 1 is 1.32 bits per heavy atom. The van der Waals surface area contributed by atoms with Crippen LogP contribution in [-0.2, 0) is 24.2 Å². The Kier molecular flexibility index (Phi) is 4.97. The Morgan fingerprint density at radius 3 is 2.79 bits per heavy atom. The molecule has 2 rings (SSSR count). The molecule has 104 valence electrons. The maximum atomic E-state index is 11.6. The fraction of sp³-hybridized carbons (Fsp3) is 0.562. The van der Waals surface area contributed by atoms with Crippen LogP contribution >= 0.6 is 0 Å². The molecule has 0 fully saturated rings. The quantitative estimate of drug-likeness (QED) is 0.853. The first-order valence-electron chi connectivity index (χ1n) is 7.28. The molecule has 3 heteroatoms. The number of fused-ring (bicyclic) bond motifs is 1. The summed E-state index contributed by atoms with van der Waals surface area (Å²) in [7, 11) is 0. The summed E-state index contributed by atoms with van der Waals surface area (Å²) in [5, 5.41) is 2.97. The highest BCUT2D eigenvalue weighted by Gasteiger charge is 2.10. The minimum absolute atomic E-state index is 0.0921. The van der Waals surface area contributed by atoms with Crippen molar-refractivity contribution >= 4 is 5.91 Å². The molecule has 0 bridgehead atoms. The first-order chi connectivity index (χ1) is 9.15. The van der Waals surface area contributed by atoms with E-state index < -0.39 is 0 Å². The van der Waals surface area contributed by atoms with Crippen molar-refractivity contribution in [2.75, 3.05) is 0 Å². The van der Waals surface area contributed by atoms with Crippen LogP contribution in [-0.4, -0.2) is 11.9 Å². The number of benzene rings is 1. The van der Waals surface area contributed by atoms with E-state index in [1.807, 2.05) is 6.92 Å². The molecule has 1 aromatic rings. The van der Waals surface area contributed by atoms with Crippen LogP contribution < -0.4 is 11.1 Å². The van der Waals surface area contributed by atoms with Gasteiger partial charge in [-0.2, -0.15) is 0 Å². The molecule has 19 heavy (non-hydrogen) atoms. The smallest absolute Gasteiger partial charge is 0.220 e. The normalized spacial score (nSPS) is 15.7. The molecule has 1 aromatic carbocycles. The fourth-order valence-corrected chi connectivity index (χ4v) is 2.54. The lowest BCUT2D eigenvalue weighted by Gasteiger charge is -2.16. The fourth-order valence-electron chi connectivity index (χ4n) is 2.54. The SMILES string of the molecule is CC(N)CCC(=O)NCc1ccc2c(c1)CCCC2. The largest absolute Gasteiger partial charge is 0.352 e. The molecule has 0 heterocycles. The Labute approximate surface area is 115 Å². The van der Waals surface area contributed by atoms with Crippen molar-refractivity contribution < 1.29 is 4.79 Å². The molecular formula is C16H24N2O. The highest BCUT2D eigenvalue weighted by atomic mass is 16.1. The standard InChI is InChI=1S/C16H24N2O/c1-12(17)6-9-16(19)18-11-13-7-8-14-4-2-3-5-15(14)10-13/h7-8,10,12H,2-6,9,11,17H2,1H3,(H,18,19). The number of carbonyl (C=O) groups is 1. The lowest BCUT2D eigenvalue weighted by molar-refractivity contribution is -0.121. The van der Waals surface area contributed by atoms with Crippen molar-refractivity contribution in [2.24, 2.45) is 5.73 Å². The lowest BCUT2D eigenvalue weighted by Crippen LogP contribution is -2.25. The van der Waals surface area contributed by atoms with E-state index in [1.165, 1.54) is 42.4 Å². The predicted octanol–water partition coefficient (Wildman–Crippen LogP) is 2.31.